The Hall–Kier alpha value is -2.03. The SMILES string of the molecule is CCCc1c(C(C)C)nc(C(C)C)c(CC=O)c1-c1ccc(F)cc1. The molecule has 1 aromatic carbocycles. The molecule has 0 unspecified atom stereocenters. The maximum atomic E-state index is 13.4. The van der Waals surface area contributed by atoms with Crippen molar-refractivity contribution in [2.45, 2.75) is 65.7 Å². The summed E-state index contributed by atoms with van der Waals surface area (Å²) < 4.78 is 13.4. The van der Waals surface area contributed by atoms with Gasteiger partial charge in [0.2, 0.25) is 0 Å². The summed E-state index contributed by atoms with van der Waals surface area (Å²) in [5.41, 5.74) is 6.31. The first-order valence-corrected chi connectivity index (χ1v) is 9.15. The second kappa shape index (κ2) is 8.37. The molecule has 0 N–H and O–H groups in total. The summed E-state index contributed by atoms with van der Waals surface area (Å²) in [5.74, 6) is 0.269. The topological polar surface area (TPSA) is 30.0 Å². The van der Waals surface area contributed by atoms with Crippen molar-refractivity contribution in [3.05, 3.63) is 52.6 Å². The summed E-state index contributed by atoms with van der Waals surface area (Å²) in [7, 11) is 0. The van der Waals surface area contributed by atoms with Gasteiger partial charge in [-0.3, -0.25) is 4.98 Å². The van der Waals surface area contributed by atoms with Crippen LogP contribution in [0.1, 0.15) is 75.4 Å². The number of aldehydes is 1. The van der Waals surface area contributed by atoms with Crippen LogP contribution < -0.4 is 0 Å². The summed E-state index contributed by atoms with van der Waals surface area (Å²) in [6.45, 7) is 10.7. The van der Waals surface area contributed by atoms with E-state index in [-0.39, 0.29) is 11.7 Å². The van der Waals surface area contributed by atoms with Crippen LogP contribution in [-0.2, 0) is 17.6 Å². The number of halogens is 1. The fourth-order valence-electron chi connectivity index (χ4n) is 3.42. The van der Waals surface area contributed by atoms with Gasteiger partial charge >= 0.3 is 0 Å². The van der Waals surface area contributed by atoms with Crippen LogP contribution >= 0.6 is 0 Å². The fraction of sp³-hybridized carbons (Fsp3) is 0.455. The summed E-state index contributed by atoms with van der Waals surface area (Å²) >= 11 is 0. The lowest BCUT2D eigenvalue weighted by Crippen LogP contribution is -2.12. The van der Waals surface area contributed by atoms with Crippen molar-refractivity contribution in [3.8, 4) is 11.1 Å². The molecule has 0 atom stereocenters. The number of nitrogens with zero attached hydrogens (tertiary/aromatic N) is 1. The molecule has 0 saturated heterocycles. The Bertz CT molecular complexity index is 733. The molecule has 0 saturated carbocycles. The lowest BCUT2D eigenvalue weighted by Gasteiger charge is -2.24. The molecule has 0 radical (unpaired) electrons. The van der Waals surface area contributed by atoms with Gasteiger partial charge in [-0.1, -0.05) is 53.2 Å². The lowest BCUT2D eigenvalue weighted by atomic mass is 9.84. The Kier molecular flexibility index (Phi) is 6.46. The largest absolute Gasteiger partial charge is 0.303 e. The minimum atomic E-state index is -0.250. The van der Waals surface area contributed by atoms with Gasteiger partial charge in [0.05, 0.1) is 0 Å². The zero-order valence-electron chi connectivity index (χ0n) is 15.9. The van der Waals surface area contributed by atoms with E-state index in [1.54, 1.807) is 0 Å². The van der Waals surface area contributed by atoms with Gasteiger partial charge in [0.1, 0.15) is 12.1 Å². The van der Waals surface area contributed by atoms with Crippen molar-refractivity contribution in [2.75, 3.05) is 0 Å². The second-order valence-electron chi connectivity index (χ2n) is 7.15. The van der Waals surface area contributed by atoms with E-state index in [4.69, 9.17) is 4.98 Å². The predicted octanol–water partition coefficient (Wildman–Crippen LogP) is 5.83. The molecule has 1 heterocycles. The third-order valence-corrected chi connectivity index (χ3v) is 4.48. The van der Waals surface area contributed by atoms with E-state index in [1.165, 1.54) is 17.7 Å². The summed E-state index contributed by atoms with van der Waals surface area (Å²) in [6, 6.07) is 6.60. The monoisotopic (exact) mass is 341 g/mol. The molecular formula is C22H28FNO. The molecule has 134 valence electrons. The van der Waals surface area contributed by atoms with Crippen LogP contribution in [0.15, 0.2) is 24.3 Å². The van der Waals surface area contributed by atoms with Crippen LogP contribution in [0.2, 0.25) is 0 Å². The van der Waals surface area contributed by atoms with Crippen molar-refractivity contribution >= 4 is 6.29 Å². The van der Waals surface area contributed by atoms with Crippen molar-refractivity contribution in [3.63, 3.8) is 0 Å². The molecule has 2 aromatic rings. The van der Waals surface area contributed by atoms with Crippen LogP contribution in [0, 0.1) is 5.82 Å². The van der Waals surface area contributed by atoms with Crippen LogP contribution in [0.4, 0.5) is 4.39 Å². The highest BCUT2D eigenvalue weighted by molar-refractivity contribution is 5.76. The van der Waals surface area contributed by atoms with Crippen molar-refractivity contribution in [1.82, 2.24) is 4.98 Å². The van der Waals surface area contributed by atoms with Gasteiger partial charge in [-0.15, -0.1) is 0 Å². The standard InChI is InChI=1S/C22H28FNO/c1-6-7-18-20(16-8-10-17(23)11-9-16)19(12-13-25)22(15(4)5)24-21(18)14(2)3/h8-11,13-15H,6-7,12H2,1-5H3. The van der Waals surface area contributed by atoms with Crippen LogP contribution in [0.3, 0.4) is 0 Å². The molecule has 0 bridgehead atoms. The van der Waals surface area contributed by atoms with Crippen molar-refractivity contribution in [1.29, 1.82) is 0 Å². The molecule has 2 nitrogen and oxygen atoms in total. The Labute approximate surface area is 150 Å². The molecule has 0 aliphatic carbocycles. The quantitative estimate of drug-likeness (QED) is 0.593. The summed E-state index contributed by atoms with van der Waals surface area (Å²) in [5, 5.41) is 0. The number of carbonyl (C=O) groups is 1. The normalized spacial score (nSPS) is 11.4. The number of carbonyl (C=O) groups excluding carboxylic acids is 1. The lowest BCUT2D eigenvalue weighted by molar-refractivity contribution is -0.107. The number of hydrogen-bond acceptors (Lipinski definition) is 2. The van der Waals surface area contributed by atoms with Crippen LogP contribution in [0.25, 0.3) is 11.1 Å². The first-order valence-electron chi connectivity index (χ1n) is 9.15. The average Bonchev–Trinajstić information content (AvgIpc) is 2.56. The van der Waals surface area contributed by atoms with Gasteiger partial charge in [0, 0.05) is 17.8 Å². The van der Waals surface area contributed by atoms with E-state index >= 15 is 0 Å². The van der Waals surface area contributed by atoms with E-state index in [0.29, 0.717) is 12.3 Å². The molecule has 3 heteroatoms. The van der Waals surface area contributed by atoms with E-state index in [0.717, 1.165) is 47.2 Å². The zero-order valence-corrected chi connectivity index (χ0v) is 15.9. The molecule has 0 amide bonds. The summed E-state index contributed by atoms with van der Waals surface area (Å²) in [6.07, 6.45) is 3.18. The van der Waals surface area contributed by atoms with Gasteiger partial charge in [-0.2, -0.15) is 0 Å². The molecule has 25 heavy (non-hydrogen) atoms. The molecular weight excluding hydrogens is 313 g/mol. The molecule has 1 aromatic heterocycles. The molecule has 0 aliphatic rings. The van der Waals surface area contributed by atoms with E-state index in [9.17, 15) is 9.18 Å². The Morgan fingerprint density at radius 2 is 1.56 bits per heavy atom. The van der Waals surface area contributed by atoms with E-state index in [1.807, 2.05) is 12.1 Å². The molecule has 0 fully saturated rings. The highest BCUT2D eigenvalue weighted by atomic mass is 19.1. The maximum Gasteiger partial charge on any atom is 0.124 e. The fourth-order valence-corrected chi connectivity index (χ4v) is 3.42. The van der Waals surface area contributed by atoms with E-state index < -0.39 is 0 Å². The number of hydrogen-bond donors (Lipinski definition) is 0. The molecule has 0 aliphatic heterocycles. The van der Waals surface area contributed by atoms with Crippen molar-refractivity contribution < 1.29 is 9.18 Å². The molecule has 2 rings (SSSR count). The smallest absolute Gasteiger partial charge is 0.124 e. The third-order valence-electron chi connectivity index (χ3n) is 4.48. The van der Waals surface area contributed by atoms with Gasteiger partial charge < -0.3 is 4.79 Å². The summed E-state index contributed by atoms with van der Waals surface area (Å²) in [4.78, 5) is 16.4. The van der Waals surface area contributed by atoms with Gasteiger partial charge in [-0.05, 0) is 52.6 Å². The Morgan fingerprint density at radius 3 is 2.04 bits per heavy atom. The molecule has 0 spiro atoms. The second-order valence-corrected chi connectivity index (χ2v) is 7.15. The Morgan fingerprint density at radius 1 is 1.00 bits per heavy atom. The van der Waals surface area contributed by atoms with Crippen LogP contribution in [0.5, 0.6) is 0 Å². The van der Waals surface area contributed by atoms with Crippen LogP contribution in [-0.4, -0.2) is 11.3 Å². The number of benzene rings is 1. The minimum Gasteiger partial charge on any atom is -0.303 e. The Balaban J connectivity index is 2.90. The van der Waals surface area contributed by atoms with E-state index in [2.05, 4.69) is 34.6 Å². The highest BCUT2D eigenvalue weighted by Gasteiger charge is 2.23. The van der Waals surface area contributed by atoms with Gasteiger partial charge in [-0.25, -0.2) is 4.39 Å². The predicted molar refractivity (Wildman–Crippen MR) is 102 cm³/mol. The third kappa shape index (κ3) is 4.15. The number of rotatable bonds is 7. The average molecular weight is 341 g/mol. The highest BCUT2D eigenvalue weighted by Crippen LogP contribution is 2.37. The first kappa shape index (κ1) is 19.3. The first-order chi connectivity index (χ1) is 11.9. The van der Waals surface area contributed by atoms with Gasteiger partial charge in [0.25, 0.3) is 0 Å². The van der Waals surface area contributed by atoms with Crippen molar-refractivity contribution in [2.24, 2.45) is 0 Å². The maximum absolute atomic E-state index is 13.4. The minimum absolute atomic E-state index is 0.224. The number of pyridine rings is 1. The zero-order chi connectivity index (χ0) is 18.6. The van der Waals surface area contributed by atoms with Gasteiger partial charge in [0.15, 0.2) is 0 Å². The number of aromatic nitrogens is 1.